The van der Waals surface area contributed by atoms with Gasteiger partial charge in [0.05, 0.1) is 20.1 Å². The zero-order valence-corrected chi connectivity index (χ0v) is 15.5. The summed E-state index contributed by atoms with van der Waals surface area (Å²) < 4.78 is 15.4. The number of carbonyl (C=O) groups is 3. The molecule has 2 heterocycles. The van der Waals surface area contributed by atoms with E-state index in [-0.39, 0.29) is 30.7 Å². The Balaban J connectivity index is 1.99. The van der Waals surface area contributed by atoms with Crippen LogP contribution in [0.25, 0.3) is 11.0 Å². The number of esters is 1. The smallest absolute Gasteiger partial charge is 0.349 e. The number of fused-ring (bicyclic) bond motifs is 1. The average molecular weight is 388 g/mol. The highest BCUT2D eigenvalue weighted by Gasteiger charge is 2.36. The van der Waals surface area contributed by atoms with Crippen molar-refractivity contribution in [3.05, 3.63) is 40.2 Å². The molecule has 1 aromatic heterocycles. The van der Waals surface area contributed by atoms with E-state index >= 15 is 0 Å². The van der Waals surface area contributed by atoms with E-state index in [1.54, 1.807) is 25.1 Å². The Hall–Kier alpha value is -3.36. The number of ether oxygens (including phenoxy) is 2. The average Bonchev–Trinajstić information content (AvgIpc) is 2.69. The van der Waals surface area contributed by atoms with E-state index in [9.17, 15) is 19.2 Å². The number of para-hydroxylation sites is 1. The molecule has 148 valence electrons. The van der Waals surface area contributed by atoms with Crippen LogP contribution in [0.3, 0.4) is 0 Å². The van der Waals surface area contributed by atoms with E-state index in [1.165, 1.54) is 18.1 Å². The molecular weight excluding hydrogens is 368 g/mol. The molecular formula is C19H20N2O7. The first-order chi connectivity index (χ1) is 13.5. The van der Waals surface area contributed by atoms with Gasteiger partial charge in [-0.05, 0) is 19.1 Å². The summed E-state index contributed by atoms with van der Waals surface area (Å²) in [6, 6.07) is 5.42. The number of rotatable bonds is 5. The molecule has 2 aromatic rings. The number of hydrogen-bond donors (Lipinski definition) is 1. The quantitative estimate of drug-likeness (QED) is 0.592. The fourth-order valence-electron chi connectivity index (χ4n) is 3.09. The third kappa shape index (κ3) is 3.68. The van der Waals surface area contributed by atoms with E-state index in [4.69, 9.17) is 9.15 Å². The van der Waals surface area contributed by atoms with Crippen molar-refractivity contribution in [2.45, 2.75) is 19.4 Å². The molecule has 1 aliphatic rings. The molecule has 0 aliphatic carbocycles. The van der Waals surface area contributed by atoms with Gasteiger partial charge in [-0.15, -0.1) is 0 Å². The maximum absolute atomic E-state index is 13.0. The van der Waals surface area contributed by atoms with Crippen LogP contribution < -0.4 is 15.7 Å². The number of carbonyl (C=O) groups excluding carboxylic acids is 3. The molecule has 9 nitrogen and oxygen atoms in total. The minimum atomic E-state index is -1.06. The van der Waals surface area contributed by atoms with Crippen LogP contribution in [-0.2, 0) is 14.3 Å². The topological polar surface area (TPSA) is 115 Å². The number of hydrogen-bond acceptors (Lipinski definition) is 7. The van der Waals surface area contributed by atoms with Gasteiger partial charge in [-0.3, -0.25) is 14.4 Å². The molecule has 1 aliphatic heterocycles. The fraction of sp³-hybridized carbons (Fsp3) is 0.368. The second-order valence-corrected chi connectivity index (χ2v) is 6.14. The van der Waals surface area contributed by atoms with Crippen LogP contribution in [0.5, 0.6) is 5.75 Å². The molecule has 1 atom stereocenters. The van der Waals surface area contributed by atoms with Gasteiger partial charge in [-0.1, -0.05) is 12.1 Å². The van der Waals surface area contributed by atoms with Gasteiger partial charge < -0.3 is 24.1 Å². The summed E-state index contributed by atoms with van der Waals surface area (Å²) in [6.45, 7) is 2.57. The lowest BCUT2D eigenvalue weighted by Gasteiger charge is -2.34. The van der Waals surface area contributed by atoms with Crippen LogP contribution in [0.4, 0.5) is 0 Å². The number of nitrogens with one attached hydrogen (secondary N) is 1. The van der Waals surface area contributed by atoms with E-state index in [0.29, 0.717) is 17.7 Å². The number of nitrogens with zero attached hydrogens (tertiary/aromatic N) is 1. The molecule has 0 radical (unpaired) electrons. The van der Waals surface area contributed by atoms with Crippen molar-refractivity contribution >= 4 is 28.8 Å². The van der Waals surface area contributed by atoms with Crippen molar-refractivity contribution in [2.75, 3.05) is 26.8 Å². The lowest BCUT2D eigenvalue weighted by atomic mass is 10.1. The molecule has 1 fully saturated rings. The third-order valence-electron chi connectivity index (χ3n) is 4.43. The molecule has 0 saturated carbocycles. The summed E-state index contributed by atoms with van der Waals surface area (Å²) >= 11 is 0. The Morgan fingerprint density at radius 1 is 1.32 bits per heavy atom. The van der Waals surface area contributed by atoms with Crippen molar-refractivity contribution in [1.82, 2.24) is 10.2 Å². The van der Waals surface area contributed by atoms with Gasteiger partial charge in [0, 0.05) is 18.5 Å². The molecule has 1 aromatic carbocycles. The molecule has 1 saturated heterocycles. The molecule has 3 rings (SSSR count). The van der Waals surface area contributed by atoms with Crippen LogP contribution in [0.1, 0.15) is 23.7 Å². The number of amides is 2. The predicted molar refractivity (Wildman–Crippen MR) is 98.1 cm³/mol. The van der Waals surface area contributed by atoms with E-state index in [0.717, 1.165) is 0 Å². The summed E-state index contributed by atoms with van der Waals surface area (Å²) in [5.74, 6) is -1.39. The third-order valence-corrected chi connectivity index (χ3v) is 4.43. The monoisotopic (exact) mass is 388 g/mol. The molecule has 1 N–H and O–H groups in total. The van der Waals surface area contributed by atoms with Gasteiger partial charge in [0.1, 0.15) is 11.6 Å². The second kappa shape index (κ2) is 8.12. The maximum Gasteiger partial charge on any atom is 0.349 e. The Bertz CT molecular complexity index is 982. The van der Waals surface area contributed by atoms with Crippen LogP contribution in [0.15, 0.2) is 33.5 Å². The van der Waals surface area contributed by atoms with Crippen molar-refractivity contribution in [1.29, 1.82) is 0 Å². The molecule has 0 spiro atoms. The second-order valence-electron chi connectivity index (χ2n) is 6.14. The van der Waals surface area contributed by atoms with Crippen LogP contribution in [-0.4, -0.2) is 55.5 Å². The summed E-state index contributed by atoms with van der Waals surface area (Å²) in [4.78, 5) is 50.5. The summed E-state index contributed by atoms with van der Waals surface area (Å²) in [5, 5.41) is 3.12. The molecule has 0 unspecified atom stereocenters. The van der Waals surface area contributed by atoms with Crippen molar-refractivity contribution in [2.24, 2.45) is 0 Å². The minimum absolute atomic E-state index is 0.155. The predicted octanol–water partition coefficient (Wildman–Crippen LogP) is 0.695. The maximum atomic E-state index is 13.0. The van der Waals surface area contributed by atoms with Gasteiger partial charge in [-0.25, -0.2) is 4.79 Å². The summed E-state index contributed by atoms with van der Waals surface area (Å²) in [6.07, 6.45) is -0.304. The Morgan fingerprint density at radius 2 is 2.11 bits per heavy atom. The molecule has 2 amide bonds. The lowest BCUT2D eigenvalue weighted by Crippen LogP contribution is -2.58. The number of methoxy groups -OCH3 is 1. The highest BCUT2D eigenvalue weighted by molar-refractivity contribution is 6.01. The number of benzene rings is 1. The van der Waals surface area contributed by atoms with Gasteiger partial charge >= 0.3 is 11.6 Å². The summed E-state index contributed by atoms with van der Waals surface area (Å²) in [5.41, 5.74) is -0.813. The molecule has 9 heteroatoms. The first kappa shape index (κ1) is 19.4. The van der Waals surface area contributed by atoms with E-state index < -0.39 is 29.5 Å². The Labute approximate surface area is 160 Å². The van der Waals surface area contributed by atoms with Crippen LogP contribution in [0.2, 0.25) is 0 Å². The highest BCUT2D eigenvalue weighted by atomic mass is 16.5. The lowest BCUT2D eigenvalue weighted by molar-refractivity contribution is -0.145. The van der Waals surface area contributed by atoms with Gasteiger partial charge in [0.25, 0.3) is 5.91 Å². The largest absolute Gasteiger partial charge is 0.490 e. The van der Waals surface area contributed by atoms with Gasteiger partial charge in [0.2, 0.25) is 5.91 Å². The van der Waals surface area contributed by atoms with Crippen LogP contribution >= 0.6 is 0 Å². The van der Waals surface area contributed by atoms with E-state index in [1.807, 2.05) is 0 Å². The fourth-order valence-corrected chi connectivity index (χ4v) is 3.09. The zero-order chi connectivity index (χ0) is 20.3. The SMILES string of the molecule is CCOc1cccc2cc(C(=O)N3CCNC(=O)[C@@H]3CC(=O)OC)c(=O)oc12. The summed E-state index contributed by atoms with van der Waals surface area (Å²) in [7, 11) is 1.20. The molecule has 0 bridgehead atoms. The zero-order valence-electron chi connectivity index (χ0n) is 15.5. The minimum Gasteiger partial charge on any atom is -0.490 e. The van der Waals surface area contributed by atoms with Crippen LogP contribution in [0, 0.1) is 0 Å². The first-order valence-corrected chi connectivity index (χ1v) is 8.81. The normalized spacial score (nSPS) is 16.6. The molecule has 28 heavy (non-hydrogen) atoms. The van der Waals surface area contributed by atoms with Crippen molar-refractivity contribution in [3.63, 3.8) is 0 Å². The highest BCUT2D eigenvalue weighted by Crippen LogP contribution is 2.25. The number of piperazine rings is 1. The first-order valence-electron chi connectivity index (χ1n) is 8.81. The van der Waals surface area contributed by atoms with Crippen molar-refractivity contribution in [3.8, 4) is 5.75 Å². The van der Waals surface area contributed by atoms with Gasteiger partial charge in [0.15, 0.2) is 11.3 Å². The Kier molecular flexibility index (Phi) is 5.62. The standard InChI is InChI=1S/C19H20N2O7/c1-3-27-14-6-4-5-11-9-12(19(25)28-16(11)14)18(24)21-8-7-20-17(23)13(21)10-15(22)26-2/h4-6,9,13H,3,7-8,10H2,1-2H3,(H,20,23)/t13-/m0/s1. The van der Waals surface area contributed by atoms with E-state index in [2.05, 4.69) is 10.1 Å². The Morgan fingerprint density at radius 3 is 2.82 bits per heavy atom. The van der Waals surface area contributed by atoms with Crippen molar-refractivity contribution < 1.29 is 28.3 Å². The van der Waals surface area contributed by atoms with Gasteiger partial charge in [-0.2, -0.15) is 0 Å².